The summed E-state index contributed by atoms with van der Waals surface area (Å²) in [7, 11) is 0. The second-order valence-electron chi connectivity index (χ2n) is 4.49. The Balaban J connectivity index is 2.49. The van der Waals surface area contributed by atoms with Crippen LogP contribution in [0.1, 0.15) is 27.1 Å². The summed E-state index contributed by atoms with van der Waals surface area (Å²) in [6.45, 7) is 4.16. The quantitative estimate of drug-likeness (QED) is 0.338. The van der Waals surface area contributed by atoms with E-state index in [1.165, 1.54) is 22.8 Å². The third kappa shape index (κ3) is 3.39. The summed E-state index contributed by atoms with van der Waals surface area (Å²) in [5.74, 6) is -0.198. The van der Waals surface area contributed by atoms with Gasteiger partial charge in [0.2, 0.25) is 0 Å². The van der Waals surface area contributed by atoms with Gasteiger partial charge in [0.15, 0.2) is 0 Å². The molecule has 1 atom stereocenters. The average Bonchev–Trinajstić information content (AvgIpc) is 2.33. The normalized spacial score (nSPS) is 12.5. The van der Waals surface area contributed by atoms with Crippen molar-refractivity contribution in [1.82, 2.24) is 0 Å². The zero-order valence-electron chi connectivity index (χ0n) is 10.5. The predicted molar refractivity (Wildman–Crippen MR) is 93.5 cm³/mol. The van der Waals surface area contributed by atoms with Gasteiger partial charge in [-0.25, -0.2) is 4.39 Å². The smallest absolute Gasteiger partial charge is 0.124 e. The first kappa shape index (κ1) is 15.4. The minimum atomic E-state index is -0.198. The molecule has 0 radical (unpaired) electrons. The van der Waals surface area contributed by atoms with Crippen molar-refractivity contribution in [3.8, 4) is 0 Å². The number of hydrogen-bond donors (Lipinski definition) is 0. The van der Waals surface area contributed by atoms with Crippen molar-refractivity contribution in [2.45, 2.75) is 18.7 Å². The van der Waals surface area contributed by atoms with E-state index in [-0.39, 0.29) is 10.6 Å². The molecule has 2 aromatic rings. The Morgan fingerprint density at radius 3 is 2.37 bits per heavy atom. The third-order valence-electron chi connectivity index (χ3n) is 3.06. The highest BCUT2D eigenvalue weighted by molar-refractivity contribution is 14.1. The van der Waals surface area contributed by atoms with E-state index in [4.69, 9.17) is 0 Å². The van der Waals surface area contributed by atoms with Crippen LogP contribution in [0.5, 0.6) is 0 Å². The monoisotopic (exact) mass is 496 g/mol. The summed E-state index contributed by atoms with van der Waals surface area (Å²) in [5.41, 5.74) is 4.71. The molecular weight excluding hydrogens is 486 g/mol. The van der Waals surface area contributed by atoms with Crippen molar-refractivity contribution in [2.24, 2.45) is 0 Å². The summed E-state index contributed by atoms with van der Waals surface area (Å²) in [6.07, 6.45) is 0. The van der Waals surface area contributed by atoms with E-state index >= 15 is 0 Å². The van der Waals surface area contributed by atoms with Crippen LogP contribution in [0.25, 0.3) is 0 Å². The van der Waals surface area contributed by atoms with Crippen molar-refractivity contribution < 1.29 is 4.39 Å². The van der Waals surface area contributed by atoms with Gasteiger partial charge in [0.05, 0.1) is 4.83 Å². The van der Waals surface area contributed by atoms with Gasteiger partial charge in [-0.05, 0) is 76.9 Å². The molecule has 0 fully saturated rings. The molecule has 0 aliphatic rings. The van der Waals surface area contributed by atoms with Gasteiger partial charge in [-0.3, -0.25) is 0 Å². The second kappa shape index (κ2) is 6.22. The van der Waals surface area contributed by atoms with E-state index in [1.54, 1.807) is 6.07 Å². The maximum Gasteiger partial charge on any atom is 0.124 e. The molecule has 19 heavy (non-hydrogen) atoms. The molecule has 0 heterocycles. The number of alkyl halides is 1. The molecule has 0 nitrogen and oxygen atoms in total. The SMILES string of the molecule is Cc1cc(C(Br)c2ccc(F)cc2I)c(C)cc1Br. The van der Waals surface area contributed by atoms with Crippen LogP contribution < -0.4 is 0 Å². The topological polar surface area (TPSA) is 0 Å². The Hall–Kier alpha value is 0.0600. The first-order valence-electron chi connectivity index (χ1n) is 5.76. The van der Waals surface area contributed by atoms with Crippen LogP contribution in [-0.4, -0.2) is 0 Å². The highest BCUT2D eigenvalue weighted by Gasteiger charge is 2.17. The zero-order valence-corrected chi connectivity index (χ0v) is 15.8. The second-order valence-corrected chi connectivity index (χ2v) is 7.42. The fourth-order valence-electron chi connectivity index (χ4n) is 1.95. The lowest BCUT2D eigenvalue weighted by molar-refractivity contribution is 0.626. The number of aryl methyl sites for hydroxylation is 2. The molecule has 0 saturated carbocycles. The Labute approximate surface area is 143 Å². The van der Waals surface area contributed by atoms with Crippen LogP contribution >= 0.6 is 54.5 Å². The van der Waals surface area contributed by atoms with E-state index in [0.29, 0.717) is 0 Å². The van der Waals surface area contributed by atoms with Crippen molar-refractivity contribution in [2.75, 3.05) is 0 Å². The van der Waals surface area contributed by atoms with Crippen molar-refractivity contribution in [3.63, 3.8) is 0 Å². The lowest BCUT2D eigenvalue weighted by Gasteiger charge is -2.17. The Kier molecular flexibility index (Phi) is 5.06. The van der Waals surface area contributed by atoms with E-state index in [9.17, 15) is 4.39 Å². The van der Waals surface area contributed by atoms with Gasteiger partial charge in [0.1, 0.15) is 5.82 Å². The van der Waals surface area contributed by atoms with Gasteiger partial charge < -0.3 is 0 Å². The minimum Gasteiger partial charge on any atom is -0.207 e. The van der Waals surface area contributed by atoms with E-state index in [2.05, 4.69) is 80.4 Å². The van der Waals surface area contributed by atoms with Crippen LogP contribution in [0.2, 0.25) is 0 Å². The molecule has 0 aliphatic heterocycles. The number of benzene rings is 2. The zero-order chi connectivity index (χ0) is 14.2. The van der Waals surface area contributed by atoms with Crippen LogP contribution in [-0.2, 0) is 0 Å². The Morgan fingerprint density at radius 1 is 1.05 bits per heavy atom. The summed E-state index contributed by atoms with van der Waals surface area (Å²) < 4.78 is 15.2. The Bertz CT molecular complexity index is 626. The molecular formula is C15H12Br2FI. The fraction of sp³-hybridized carbons (Fsp3) is 0.200. The Morgan fingerprint density at radius 2 is 1.74 bits per heavy atom. The van der Waals surface area contributed by atoms with Gasteiger partial charge in [-0.1, -0.05) is 44.0 Å². The lowest BCUT2D eigenvalue weighted by atomic mass is 9.98. The molecule has 0 N–H and O–H groups in total. The third-order valence-corrected chi connectivity index (χ3v) is 5.83. The molecule has 4 heteroatoms. The largest absolute Gasteiger partial charge is 0.207 e. The van der Waals surface area contributed by atoms with E-state index in [0.717, 1.165) is 13.6 Å². The summed E-state index contributed by atoms with van der Waals surface area (Å²) in [6, 6.07) is 9.19. The maximum atomic E-state index is 13.2. The van der Waals surface area contributed by atoms with E-state index < -0.39 is 0 Å². The van der Waals surface area contributed by atoms with Crippen LogP contribution in [0.3, 0.4) is 0 Å². The summed E-state index contributed by atoms with van der Waals surface area (Å²) in [5, 5.41) is 0. The van der Waals surface area contributed by atoms with Crippen molar-refractivity contribution in [1.29, 1.82) is 0 Å². The molecule has 100 valence electrons. The lowest BCUT2D eigenvalue weighted by Crippen LogP contribution is -2.00. The standard InChI is InChI=1S/C15H12Br2FI/c1-8-6-13(16)9(2)5-12(8)15(17)11-4-3-10(18)7-14(11)19/h3-7,15H,1-2H3. The highest BCUT2D eigenvalue weighted by Crippen LogP contribution is 2.37. The van der Waals surface area contributed by atoms with Crippen LogP contribution in [0, 0.1) is 23.2 Å². The minimum absolute atomic E-state index is 0.0757. The van der Waals surface area contributed by atoms with Gasteiger partial charge in [0, 0.05) is 8.04 Å². The number of rotatable bonds is 2. The average molecular weight is 498 g/mol. The van der Waals surface area contributed by atoms with Crippen LogP contribution in [0.4, 0.5) is 4.39 Å². The van der Waals surface area contributed by atoms with Crippen LogP contribution in [0.15, 0.2) is 34.8 Å². The summed E-state index contributed by atoms with van der Waals surface area (Å²) >= 11 is 9.46. The molecule has 0 bridgehead atoms. The van der Waals surface area contributed by atoms with Gasteiger partial charge in [0.25, 0.3) is 0 Å². The fourth-order valence-corrected chi connectivity index (χ4v) is 4.52. The molecule has 1 unspecified atom stereocenters. The molecule has 2 rings (SSSR count). The van der Waals surface area contributed by atoms with Crippen molar-refractivity contribution in [3.05, 3.63) is 66.4 Å². The number of halogens is 4. The predicted octanol–water partition coefficient (Wildman–Crippen LogP) is 6.29. The highest BCUT2D eigenvalue weighted by atomic mass is 127. The molecule has 0 amide bonds. The van der Waals surface area contributed by atoms with Gasteiger partial charge >= 0.3 is 0 Å². The van der Waals surface area contributed by atoms with Crippen molar-refractivity contribution >= 4 is 54.5 Å². The molecule has 2 aromatic carbocycles. The molecule has 0 aliphatic carbocycles. The molecule has 0 saturated heterocycles. The first-order valence-corrected chi connectivity index (χ1v) is 8.54. The summed E-state index contributed by atoms with van der Waals surface area (Å²) in [4.78, 5) is 0.0757. The maximum absolute atomic E-state index is 13.2. The van der Waals surface area contributed by atoms with E-state index in [1.807, 2.05) is 6.07 Å². The number of hydrogen-bond acceptors (Lipinski definition) is 0. The van der Waals surface area contributed by atoms with Gasteiger partial charge in [-0.15, -0.1) is 0 Å². The first-order chi connectivity index (χ1) is 8.90. The molecule has 0 aromatic heterocycles. The van der Waals surface area contributed by atoms with Gasteiger partial charge in [-0.2, -0.15) is 0 Å². The molecule has 0 spiro atoms.